The summed E-state index contributed by atoms with van der Waals surface area (Å²) in [4.78, 5) is 14.4. The number of carbonyl (C=O) groups excluding carboxylic acids is 1. The molecule has 2 heterocycles. The lowest BCUT2D eigenvalue weighted by Crippen LogP contribution is -2.34. The molecule has 1 aliphatic heterocycles. The van der Waals surface area contributed by atoms with E-state index in [1.165, 1.54) is 0 Å². The molecule has 0 aliphatic carbocycles. The Morgan fingerprint density at radius 1 is 1.29 bits per heavy atom. The van der Waals surface area contributed by atoms with Crippen molar-refractivity contribution in [2.24, 2.45) is 7.05 Å². The monoisotopic (exact) mass is 236 g/mol. The zero-order valence-corrected chi connectivity index (χ0v) is 10.8. The number of hydrogen-bond acceptors (Lipinski definition) is 3. The lowest BCUT2D eigenvalue weighted by atomic mass is 10.1. The van der Waals surface area contributed by atoms with E-state index in [0.717, 1.165) is 49.6 Å². The first-order valence-corrected chi connectivity index (χ1v) is 6.11. The number of nitrogens with one attached hydrogen (secondary N) is 1. The van der Waals surface area contributed by atoms with Crippen LogP contribution in [0.4, 0.5) is 0 Å². The Morgan fingerprint density at radius 2 is 2.06 bits per heavy atom. The largest absolute Gasteiger partial charge is 0.337 e. The minimum absolute atomic E-state index is 0.122. The van der Waals surface area contributed by atoms with Crippen LogP contribution in [0.1, 0.15) is 28.2 Å². The molecule has 0 saturated carbocycles. The number of amides is 1. The smallest absolute Gasteiger partial charge is 0.257 e. The number of nitrogens with zero attached hydrogens (tertiary/aromatic N) is 3. The molecule has 5 heteroatoms. The predicted molar refractivity (Wildman–Crippen MR) is 66.1 cm³/mol. The van der Waals surface area contributed by atoms with Gasteiger partial charge in [-0.1, -0.05) is 0 Å². The summed E-state index contributed by atoms with van der Waals surface area (Å²) in [5, 5.41) is 7.61. The zero-order valence-electron chi connectivity index (χ0n) is 10.8. The lowest BCUT2D eigenvalue weighted by Gasteiger charge is -2.20. The van der Waals surface area contributed by atoms with Crippen LogP contribution < -0.4 is 5.32 Å². The quantitative estimate of drug-likeness (QED) is 0.771. The zero-order chi connectivity index (χ0) is 12.4. The minimum atomic E-state index is 0.122. The average Bonchev–Trinajstić information content (AvgIpc) is 2.52. The third-order valence-electron chi connectivity index (χ3n) is 3.35. The molecule has 2 rings (SSSR count). The van der Waals surface area contributed by atoms with Crippen LogP contribution >= 0.6 is 0 Å². The fraction of sp³-hybridized carbons (Fsp3) is 0.667. The highest BCUT2D eigenvalue weighted by atomic mass is 16.2. The summed E-state index contributed by atoms with van der Waals surface area (Å²) in [5.41, 5.74) is 2.55. The van der Waals surface area contributed by atoms with Gasteiger partial charge < -0.3 is 10.2 Å². The Bertz CT molecular complexity index is 416. The summed E-state index contributed by atoms with van der Waals surface area (Å²) < 4.78 is 1.78. The maximum Gasteiger partial charge on any atom is 0.257 e. The van der Waals surface area contributed by atoms with Gasteiger partial charge in [-0.05, 0) is 26.8 Å². The van der Waals surface area contributed by atoms with Gasteiger partial charge in [0, 0.05) is 32.4 Å². The summed E-state index contributed by atoms with van der Waals surface area (Å²) >= 11 is 0. The summed E-state index contributed by atoms with van der Waals surface area (Å²) in [5.74, 6) is 0.122. The second kappa shape index (κ2) is 4.87. The molecule has 1 fully saturated rings. The molecule has 0 unspecified atom stereocenters. The first-order chi connectivity index (χ1) is 8.11. The molecule has 94 valence electrons. The van der Waals surface area contributed by atoms with Crippen molar-refractivity contribution >= 4 is 5.91 Å². The molecule has 1 saturated heterocycles. The molecule has 1 N–H and O–H groups in total. The summed E-state index contributed by atoms with van der Waals surface area (Å²) in [6, 6.07) is 0. The molecular formula is C12H20N4O. The molecular weight excluding hydrogens is 216 g/mol. The molecule has 0 radical (unpaired) electrons. The molecule has 5 nitrogen and oxygen atoms in total. The molecule has 1 amide bonds. The Hall–Kier alpha value is -1.36. The molecule has 0 atom stereocenters. The van der Waals surface area contributed by atoms with E-state index >= 15 is 0 Å². The number of carbonyl (C=O) groups is 1. The first kappa shape index (κ1) is 12.1. The van der Waals surface area contributed by atoms with Crippen molar-refractivity contribution in [1.29, 1.82) is 0 Å². The SMILES string of the molecule is Cc1nn(C)c(C)c1C(=O)N1CCCNCC1. The van der Waals surface area contributed by atoms with E-state index in [2.05, 4.69) is 10.4 Å². The van der Waals surface area contributed by atoms with Crippen molar-refractivity contribution < 1.29 is 4.79 Å². The van der Waals surface area contributed by atoms with Gasteiger partial charge in [0.1, 0.15) is 0 Å². The normalized spacial score (nSPS) is 17.0. The Kier molecular flexibility index (Phi) is 3.47. The van der Waals surface area contributed by atoms with Crippen molar-refractivity contribution in [2.45, 2.75) is 20.3 Å². The number of aryl methyl sites for hydroxylation is 2. The summed E-state index contributed by atoms with van der Waals surface area (Å²) in [7, 11) is 1.88. The Balaban J connectivity index is 2.23. The molecule has 1 aromatic rings. The van der Waals surface area contributed by atoms with E-state index in [0.29, 0.717) is 0 Å². The van der Waals surface area contributed by atoms with Crippen LogP contribution in [0, 0.1) is 13.8 Å². The van der Waals surface area contributed by atoms with Gasteiger partial charge in [-0.3, -0.25) is 9.48 Å². The van der Waals surface area contributed by atoms with Gasteiger partial charge >= 0.3 is 0 Å². The molecule has 17 heavy (non-hydrogen) atoms. The molecule has 1 aliphatic rings. The lowest BCUT2D eigenvalue weighted by molar-refractivity contribution is 0.0765. The maximum atomic E-state index is 12.5. The van der Waals surface area contributed by atoms with Gasteiger partial charge in [0.25, 0.3) is 5.91 Å². The number of hydrogen-bond donors (Lipinski definition) is 1. The van der Waals surface area contributed by atoms with Crippen molar-refractivity contribution in [3.05, 3.63) is 17.0 Å². The fourth-order valence-electron chi connectivity index (χ4n) is 2.29. The topological polar surface area (TPSA) is 50.2 Å². The standard InChI is InChI=1S/C12H20N4O/c1-9-11(10(2)15(3)14-9)12(17)16-7-4-5-13-6-8-16/h13H,4-8H2,1-3H3. The van der Waals surface area contributed by atoms with E-state index in [9.17, 15) is 4.79 Å². The third kappa shape index (κ3) is 2.34. The highest BCUT2D eigenvalue weighted by molar-refractivity contribution is 5.96. The minimum Gasteiger partial charge on any atom is -0.337 e. The van der Waals surface area contributed by atoms with Gasteiger partial charge in [0.15, 0.2) is 0 Å². The predicted octanol–water partition coefficient (Wildman–Crippen LogP) is 0.472. The van der Waals surface area contributed by atoms with Crippen LogP contribution in [-0.2, 0) is 7.05 Å². The molecule has 1 aromatic heterocycles. The van der Waals surface area contributed by atoms with Crippen LogP contribution in [0.15, 0.2) is 0 Å². The van der Waals surface area contributed by atoms with Gasteiger partial charge in [0.2, 0.25) is 0 Å². The average molecular weight is 236 g/mol. The van der Waals surface area contributed by atoms with Crippen LogP contribution in [0.5, 0.6) is 0 Å². The van der Waals surface area contributed by atoms with Gasteiger partial charge in [-0.2, -0.15) is 5.10 Å². The van der Waals surface area contributed by atoms with Crippen LogP contribution in [0.25, 0.3) is 0 Å². The number of rotatable bonds is 1. The van der Waals surface area contributed by atoms with Gasteiger partial charge in [0.05, 0.1) is 11.3 Å². The summed E-state index contributed by atoms with van der Waals surface area (Å²) in [6.45, 7) is 7.34. The molecule has 0 aromatic carbocycles. The van der Waals surface area contributed by atoms with E-state index in [1.54, 1.807) is 4.68 Å². The highest BCUT2D eigenvalue weighted by Crippen LogP contribution is 2.15. The first-order valence-electron chi connectivity index (χ1n) is 6.11. The van der Waals surface area contributed by atoms with Crippen molar-refractivity contribution in [3.8, 4) is 0 Å². The van der Waals surface area contributed by atoms with Crippen LogP contribution in [0.2, 0.25) is 0 Å². The second-order valence-corrected chi connectivity index (χ2v) is 4.57. The van der Waals surface area contributed by atoms with Crippen LogP contribution in [-0.4, -0.2) is 46.8 Å². The summed E-state index contributed by atoms with van der Waals surface area (Å²) in [6.07, 6.45) is 1.02. The van der Waals surface area contributed by atoms with Gasteiger partial charge in [-0.15, -0.1) is 0 Å². The second-order valence-electron chi connectivity index (χ2n) is 4.57. The van der Waals surface area contributed by atoms with E-state index in [1.807, 2.05) is 25.8 Å². The third-order valence-corrected chi connectivity index (χ3v) is 3.35. The Morgan fingerprint density at radius 3 is 2.71 bits per heavy atom. The van der Waals surface area contributed by atoms with Gasteiger partial charge in [-0.25, -0.2) is 0 Å². The fourth-order valence-corrected chi connectivity index (χ4v) is 2.29. The van der Waals surface area contributed by atoms with Crippen molar-refractivity contribution in [2.75, 3.05) is 26.2 Å². The highest BCUT2D eigenvalue weighted by Gasteiger charge is 2.23. The van der Waals surface area contributed by atoms with Crippen molar-refractivity contribution in [1.82, 2.24) is 20.0 Å². The molecule has 0 spiro atoms. The van der Waals surface area contributed by atoms with Crippen LogP contribution in [0.3, 0.4) is 0 Å². The van der Waals surface area contributed by atoms with E-state index < -0.39 is 0 Å². The molecule has 0 bridgehead atoms. The van der Waals surface area contributed by atoms with E-state index in [4.69, 9.17) is 0 Å². The Labute approximate surface area is 102 Å². The van der Waals surface area contributed by atoms with Crippen molar-refractivity contribution in [3.63, 3.8) is 0 Å². The number of aromatic nitrogens is 2. The maximum absolute atomic E-state index is 12.5. The van der Waals surface area contributed by atoms with E-state index in [-0.39, 0.29) is 5.91 Å².